The summed E-state index contributed by atoms with van der Waals surface area (Å²) in [4.78, 5) is 10.7. The van der Waals surface area contributed by atoms with Crippen molar-refractivity contribution >= 4 is 15.8 Å². The lowest BCUT2D eigenvalue weighted by molar-refractivity contribution is 0.0696. The minimum Gasteiger partial charge on any atom is -0.478 e. The third kappa shape index (κ3) is 2.11. The van der Waals surface area contributed by atoms with Crippen LogP contribution in [-0.2, 0) is 9.84 Å². The second kappa shape index (κ2) is 3.42. The number of aromatic carboxylic acids is 1. The van der Waals surface area contributed by atoms with Crippen molar-refractivity contribution in [3.8, 4) is 0 Å². The van der Waals surface area contributed by atoms with Crippen molar-refractivity contribution in [1.82, 2.24) is 0 Å². The van der Waals surface area contributed by atoms with Crippen LogP contribution in [0.2, 0.25) is 0 Å². The van der Waals surface area contributed by atoms with E-state index in [1.54, 1.807) is 6.92 Å². The first-order valence-electron chi connectivity index (χ1n) is 3.86. The average molecular weight is 214 g/mol. The molecule has 1 aromatic rings. The number of carboxylic acids is 1. The van der Waals surface area contributed by atoms with Crippen LogP contribution >= 0.6 is 0 Å². The predicted molar refractivity (Wildman–Crippen MR) is 51.2 cm³/mol. The van der Waals surface area contributed by atoms with Crippen molar-refractivity contribution in [1.29, 1.82) is 0 Å². The van der Waals surface area contributed by atoms with Crippen molar-refractivity contribution in [2.24, 2.45) is 0 Å². The summed E-state index contributed by atoms with van der Waals surface area (Å²) in [6.07, 6.45) is 1.04. The summed E-state index contributed by atoms with van der Waals surface area (Å²) in [6, 6.07) is 4.06. The lowest BCUT2D eigenvalue weighted by Gasteiger charge is -2.03. The van der Waals surface area contributed by atoms with Crippen LogP contribution in [0, 0.1) is 6.92 Å². The summed E-state index contributed by atoms with van der Waals surface area (Å²) < 4.78 is 22.3. The lowest BCUT2D eigenvalue weighted by Crippen LogP contribution is -2.04. The molecule has 0 unspecified atom stereocenters. The van der Waals surface area contributed by atoms with Gasteiger partial charge in [0.05, 0.1) is 10.5 Å². The van der Waals surface area contributed by atoms with Gasteiger partial charge in [0.25, 0.3) is 0 Å². The van der Waals surface area contributed by atoms with Gasteiger partial charge in [0, 0.05) is 6.26 Å². The molecular weight excluding hydrogens is 204 g/mol. The quantitative estimate of drug-likeness (QED) is 0.800. The lowest BCUT2D eigenvalue weighted by atomic mass is 10.1. The molecule has 1 aromatic carbocycles. The molecule has 14 heavy (non-hydrogen) atoms. The first-order chi connectivity index (χ1) is 6.32. The van der Waals surface area contributed by atoms with Crippen molar-refractivity contribution < 1.29 is 18.3 Å². The van der Waals surface area contributed by atoms with Gasteiger partial charge in [-0.3, -0.25) is 0 Å². The zero-order chi connectivity index (χ0) is 10.9. The molecule has 0 bridgehead atoms. The van der Waals surface area contributed by atoms with E-state index in [4.69, 9.17) is 5.11 Å². The summed E-state index contributed by atoms with van der Waals surface area (Å²) >= 11 is 0. The predicted octanol–water partition coefficient (Wildman–Crippen LogP) is 1.10. The molecule has 76 valence electrons. The summed E-state index contributed by atoms with van der Waals surface area (Å²) in [7, 11) is -3.34. The maximum atomic E-state index is 11.1. The van der Waals surface area contributed by atoms with Crippen LogP contribution < -0.4 is 0 Å². The number of hydrogen-bond donors (Lipinski definition) is 1. The Kier molecular flexibility index (Phi) is 2.62. The maximum absolute atomic E-state index is 11.1. The molecule has 0 amide bonds. The van der Waals surface area contributed by atoms with Gasteiger partial charge in [-0.2, -0.15) is 0 Å². The summed E-state index contributed by atoms with van der Waals surface area (Å²) in [6.45, 7) is 1.62. The first kappa shape index (κ1) is 10.7. The Hall–Kier alpha value is -1.36. The van der Waals surface area contributed by atoms with Crippen LogP contribution in [-0.4, -0.2) is 25.7 Å². The first-order valence-corrected chi connectivity index (χ1v) is 5.75. The molecule has 0 aliphatic rings. The molecule has 0 fully saturated rings. The molecule has 0 aliphatic carbocycles. The van der Waals surface area contributed by atoms with E-state index in [9.17, 15) is 13.2 Å². The van der Waals surface area contributed by atoms with Gasteiger partial charge in [-0.25, -0.2) is 13.2 Å². The van der Waals surface area contributed by atoms with Crippen molar-refractivity contribution in [2.45, 2.75) is 11.8 Å². The molecule has 4 nitrogen and oxygen atoms in total. The number of rotatable bonds is 2. The Bertz CT molecular complexity index is 474. The minimum atomic E-state index is -3.34. The molecule has 0 aromatic heterocycles. The van der Waals surface area contributed by atoms with E-state index in [0.29, 0.717) is 5.56 Å². The van der Waals surface area contributed by atoms with Gasteiger partial charge in [0.2, 0.25) is 0 Å². The van der Waals surface area contributed by atoms with E-state index in [1.165, 1.54) is 18.2 Å². The van der Waals surface area contributed by atoms with Crippen LogP contribution in [0.4, 0.5) is 0 Å². The molecule has 1 rings (SSSR count). The average Bonchev–Trinajstić information content (AvgIpc) is 2.02. The molecule has 0 saturated heterocycles. The van der Waals surface area contributed by atoms with Crippen molar-refractivity contribution in [3.63, 3.8) is 0 Å². The van der Waals surface area contributed by atoms with Gasteiger partial charge in [0.1, 0.15) is 0 Å². The Morgan fingerprint density at radius 1 is 1.36 bits per heavy atom. The highest BCUT2D eigenvalue weighted by Gasteiger charge is 2.12. The number of benzene rings is 1. The second-order valence-electron chi connectivity index (χ2n) is 3.05. The van der Waals surface area contributed by atoms with Gasteiger partial charge in [-0.15, -0.1) is 0 Å². The Morgan fingerprint density at radius 2 is 1.93 bits per heavy atom. The topological polar surface area (TPSA) is 71.4 Å². The minimum absolute atomic E-state index is 0.0212. The molecule has 0 radical (unpaired) electrons. The maximum Gasteiger partial charge on any atom is 0.335 e. The zero-order valence-electron chi connectivity index (χ0n) is 7.81. The molecule has 0 saturated carbocycles. The van der Waals surface area contributed by atoms with Crippen molar-refractivity contribution in [2.75, 3.05) is 6.26 Å². The highest BCUT2D eigenvalue weighted by Crippen LogP contribution is 2.15. The standard InChI is InChI=1S/C9H10O4S/c1-6-3-4-7(14(2,12)13)5-8(6)9(10)11/h3-5H,1-2H3,(H,10,11). The van der Waals surface area contributed by atoms with E-state index in [2.05, 4.69) is 0 Å². The van der Waals surface area contributed by atoms with E-state index in [-0.39, 0.29) is 10.5 Å². The van der Waals surface area contributed by atoms with E-state index >= 15 is 0 Å². The summed E-state index contributed by atoms with van der Waals surface area (Å²) in [5, 5.41) is 8.76. The Balaban J connectivity index is 3.42. The summed E-state index contributed by atoms with van der Waals surface area (Å²) in [5.74, 6) is -1.12. The fourth-order valence-corrected chi connectivity index (χ4v) is 1.71. The van der Waals surface area contributed by atoms with E-state index < -0.39 is 15.8 Å². The van der Waals surface area contributed by atoms with Gasteiger partial charge >= 0.3 is 5.97 Å². The van der Waals surface area contributed by atoms with Gasteiger partial charge in [-0.05, 0) is 24.6 Å². The molecular formula is C9H10O4S. The van der Waals surface area contributed by atoms with Crippen LogP contribution in [0.25, 0.3) is 0 Å². The number of hydrogen-bond acceptors (Lipinski definition) is 3. The summed E-state index contributed by atoms with van der Waals surface area (Å²) in [5.41, 5.74) is 0.567. The fourth-order valence-electron chi connectivity index (χ4n) is 1.06. The molecule has 0 spiro atoms. The molecule has 5 heteroatoms. The third-order valence-corrected chi connectivity index (χ3v) is 2.98. The van der Waals surface area contributed by atoms with Crippen molar-refractivity contribution in [3.05, 3.63) is 29.3 Å². The van der Waals surface area contributed by atoms with Crippen LogP contribution in [0.1, 0.15) is 15.9 Å². The molecule has 0 aliphatic heterocycles. The van der Waals surface area contributed by atoms with Crippen LogP contribution in [0.15, 0.2) is 23.1 Å². The molecule has 0 heterocycles. The van der Waals surface area contributed by atoms with Gasteiger partial charge < -0.3 is 5.11 Å². The zero-order valence-corrected chi connectivity index (χ0v) is 8.63. The largest absolute Gasteiger partial charge is 0.478 e. The Labute approximate surface area is 82.1 Å². The van der Waals surface area contributed by atoms with E-state index in [1.807, 2.05) is 0 Å². The normalized spacial score (nSPS) is 11.3. The number of aryl methyl sites for hydroxylation is 1. The number of carbonyl (C=O) groups is 1. The Morgan fingerprint density at radius 3 is 2.36 bits per heavy atom. The third-order valence-electron chi connectivity index (χ3n) is 1.87. The number of carboxylic acid groups (broad SMARTS) is 1. The fraction of sp³-hybridized carbons (Fsp3) is 0.222. The molecule has 0 atom stereocenters. The van der Waals surface area contributed by atoms with Crippen LogP contribution in [0.5, 0.6) is 0 Å². The second-order valence-corrected chi connectivity index (χ2v) is 5.07. The number of sulfone groups is 1. The SMILES string of the molecule is Cc1ccc(S(C)(=O)=O)cc1C(=O)O. The van der Waals surface area contributed by atoms with Crippen LogP contribution in [0.3, 0.4) is 0 Å². The highest BCUT2D eigenvalue weighted by molar-refractivity contribution is 7.90. The smallest absolute Gasteiger partial charge is 0.335 e. The highest BCUT2D eigenvalue weighted by atomic mass is 32.2. The monoisotopic (exact) mass is 214 g/mol. The van der Waals surface area contributed by atoms with Gasteiger partial charge in [0.15, 0.2) is 9.84 Å². The van der Waals surface area contributed by atoms with E-state index in [0.717, 1.165) is 6.26 Å². The molecule has 1 N–H and O–H groups in total. The van der Waals surface area contributed by atoms with Gasteiger partial charge in [-0.1, -0.05) is 6.07 Å².